The molecule has 0 amide bonds. The SMILES string of the molecule is CC1CCC2C(C)C3CC(O)C4=C5CCC6CC(O)CCC6(C)C5CC4C3CN2C1. The second-order valence-electron chi connectivity index (χ2n) is 12.7. The van der Waals surface area contributed by atoms with Crippen molar-refractivity contribution in [2.24, 2.45) is 46.8 Å². The average molecular weight is 414 g/mol. The van der Waals surface area contributed by atoms with Gasteiger partial charge in [-0.1, -0.05) is 26.3 Å². The predicted octanol–water partition coefficient (Wildman–Crippen LogP) is 4.63. The molecule has 3 saturated carbocycles. The van der Waals surface area contributed by atoms with Gasteiger partial charge in [0, 0.05) is 19.1 Å². The number of fused-ring (bicyclic) bond motifs is 7. The van der Waals surface area contributed by atoms with E-state index in [1.807, 2.05) is 0 Å². The highest BCUT2D eigenvalue weighted by Gasteiger charge is 2.58. The molecule has 2 saturated heterocycles. The fraction of sp³-hybridized carbons (Fsp3) is 0.926. The van der Waals surface area contributed by atoms with Gasteiger partial charge in [0.1, 0.15) is 0 Å². The van der Waals surface area contributed by atoms with Crippen molar-refractivity contribution < 1.29 is 10.2 Å². The molecule has 0 radical (unpaired) electrons. The van der Waals surface area contributed by atoms with E-state index >= 15 is 0 Å². The van der Waals surface area contributed by atoms with Crippen molar-refractivity contribution in [3.05, 3.63) is 11.1 Å². The molecule has 2 heterocycles. The molecule has 0 aromatic rings. The lowest BCUT2D eigenvalue weighted by atomic mass is 9.54. The van der Waals surface area contributed by atoms with Crippen molar-refractivity contribution in [1.29, 1.82) is 0 Å². The fourth-order valence-corrected chi connectivity index (χ4v) is 9.80. The fourth-order valence-electron chi connectivity index (χ4n) is 9.80. The zero-order valence-corrected chi connectivity index (χ0v) is 19.4. The van der Waals surface area contributed by atoms with Gasteiger partial charge in [0.05, 0.1) is 12.2 Å². The molecule has 0 bridgehead atoms. The van der Waals surface area contributed by atoms with Crippen LogP contribution in [0.15, 0.2) is 11.1 Å². The summed E-state index contributed by atoms with van der Waals surface area (Å²) in [5.74, 6) is 5.02. The zero-order chi connectivity index (χ0) is 20.8. The molecule has 30 heavy (non-hydrogen) atoms. The molecule has 2 N–H and O–H groups in total. The normalized spacial score (nSPS) is 55.9. The van der Waals surface area contributed by atoms with E-state index < -0.39 is 0 Å². The molecule has 0 aromatic carbocycles. The summed E-state index contributed by atoms with van der Waals surface area (Å²) < 4.78 is 0. The minimum absolute atomic E-state index is 0.0758. The van der Waals surface area contributed by atoms with Gasteiger partial charge in [-0.05, 0) is 110 Å². The highest BCUT2D eigenvalue weighted by Crippen LogP contribution is 2.64. The lowest BCUT2D eigenvalue weighted by Crippen LogP contribution is -2.59. The van der Waals surface area contributed by atoms with Crippen LogP contribution in [0.1, 0.15) is 78.6 Å². The van der Waals surface area contributed by atoms with Crippen LogP contribution in [-0.4, -0.2) is 46.5 Å². The maximum absolute atomic E-state index is 11.4. The second kappa shape index (κ2) is 7.06. The Morgan fingerprint density at radius 3 is 2.60 bits per heavy atom. The Labute approximate surface area is 183 Å². The molecule has 3 nitrogen and oxygen atoms in total. The summed E-state index contributed by atoms with van der Waals surface area (Å²) in [5.41, 5.74) is 3.56. The molecule has 168 valence electrons. The first-order valence-electron chi connectivity index (χ1n) is 13.2. The number of aliphatic hydroxyl groups is 2. The summed E-state index contributed by atoms with van der Waals surface area (Å²) in [6, 6.07) is 0.759. The number of nitrogens with zero attached hydrogens (tertiary/aromatic N) is 1. The van der Waals surface area contributed by atoms with Crippen LogP contribution < -0.4 is 0 Å². The monoisotopic (exact) mass is 413 g/mol. The highest BCUT2D eigenvalue weighted by atomic mass is 16.3. The van der Waals surface area contributed by atoms with E-state index in [9.17, 15) is 10.2 Å². The lowest BCUT2D eigenvalue weighted by Gasteiger charge is -2.56. The largest absolute Gasteiger partial charge is 0.393 e. The van der Waals surface area contributed by atoms with Gasteiger partial charge >= 0.3 is 0 Å². The quantitative estimate of drug-likeness (QED) is 0.569. The summed E-state index contributed by atoms with van der Waals surface area (Å²) in [4.78, 5) is 2.86. The Bertz CT molecular complexity index is 732. The maximum Gasteiger partial charge on any atom is 0.0758 e. The molecule has 0 spiro atoms. The van der Waals surface area contributed by atoms with Crippen molar-refractivity contribution in [2.45, 2.75) is 96.8 Å². The molecule has 4 aliphatic carbocycles. The Morgan fingerprint density at radius 1 is 0.933 bits per heavy atom. The number of piperidine rings is 2. The molecule has 6 aliphatic rings. The van der Waals surface area contributed by atoms with Crippen molar-refractivity contribution >= 4 is 0 Å². The van der Waals surface area contributed by atoms with E-state index in [4.69, 9.17) is 0 Å². The summed E-state index contributed by atoms with van der Waals surface area (Å²) >= 11 is 0. The van der Waals surface area contributed by atoms with Gasteiger partial charge in [-0.2, -0.15) is 0 Å². The zero-order valence-electron chi connectivity index (χ0n) is 19.4. The molecule has 3 heteroatoms. The topological polar surface area (TPSA) is 43.7 Å². The van der Waals surface area contributed by atoms with Crippen molar-refractivity contribution in [1.82, 2.24) is 4.90 Å². The minimum Gasteiger partial charge on any atom is -0.393 e. The maximum atomic E-state index is 11.4. The first kappa shape index (κ1) is 20.2. The van der Waals surface area contributed by atoms with Gasteiger partial charge in [-0.3, -0.25) is 4.90 Å². The van der Waals surface area contributed by atoms with Gasteiger partial charge in [0.25, 0.3) is 0 Å². The van der Waals surface area contributed by atoms with Crippen LogP contribution in [0.4, 0.5) is 0 Å². The van der Waals surface area contributed by atoms with Gasteiger partial charge in [0.15, 0.2) is 0 Å². The Kier molecular flexibility index (Phi) is 4.76. The number of hydrogen-bond donors (Lipinski definition) is 2. The van der Waals surface area contributed by atoms with Gasteiger partial charge in [0.2, 0.25) is 0 Å². The van der Waals surface area contributed by atoms with E-state index in [1.165, 1.54) is 57.2 Å². The van der Waals surface area contributed by atoms with E-state index in [1.54, 1.807) is 5.57 Å². The third-order valence-corrected chi connectivity index (χ3v) is 11.4. The third-order valence-electron chi connectivity index (χ3n) is 11.4. The Hall–Kier alpha value is -0.380. The van der Waals surface area contributed by atoms with Crippen molar-refractivity contribution in [2.75, 3.05) is 13.1 Å². The number of allylic oxidation sites excluding steroid dienone is 1. The van der Waals surface area contributed by atoms with Crippen LogP contribution in [0.25, 0.3) is 0 Å². The summed E-state index contributed by atoms with van der Waals surface area (Å²) in [6.45, 7) is 10.1. The first-order chi connectivity index (χ1) is 14.4. The van der Waals surface area contributed by atoms with E-state index in [-0.39, 0.29) is 12.2 Å². The van der Waals surface area contributed by atoms with E-state index in [0.717, 1.165) is 43.1 Å². The highest BCUT2D eigenvalue weighted by molar-refractivity contribution is 5.36. The van der Waals surface area contributed by atoms with Crippen molar-refractivity contribution in [3.63, 3.8) is 0 Å². The van der Waals surface area contributed by atoms with Crippen LogP contribution >= 0.6 is 0 Å². The van der Waals surface area contributed by atoms with Crippen LogP contribution in [0.5, 0.6) is 0 Å². The smallest absolute Gasteiger partial charge is 0.0758 e. The molecule has 6 rings (SSSR count). The lowest BCUT2D eigenvalue weighted by molar-refractivity contribution is -0.0706. The molecule has 2 aliphatic heterocycles. The molecule has 5 fully saturated rings. The van der Waals surface area contributed by atoms with Gasteiger partial charge < -0.3 is 10.2 Å². The standard InChI is InChI=1S/C27H43NO2/c1-15-4-7-24-16(2)20-12-25(30)26-19-6-5-17-10-18(29)8-9-27(17,3)23(19)11-21(26)22(20)14-28(24)13-15/h15-18,20-25,29-30H,4-14H2,1-3H3. The second-order valence-corrected chi connectivity index (χ2v) is 12.7. The molecule has 11 unspecified atom stereocenters. The van der Waals surface area contributed by atoms with E-state index in [0.29, 0.717) is 29.1 Å². The Balaban J connectivity index is 1.32. The van der Waals surface area contributed by atoms with Crippen molar-refractivity contribution in [3.8, 4) is 0 Å². The number of hydrogen-bond acceptors (Lipinski definition) is 3. The average Bonchev–Trinajstić information content (AvgIpc) is 3.12. The molecular weight excluding hydrogens is 370 g/mol. The minimum atomic E-state index is -0.179. The van der Waals surface area contributed by atoms with Gasteiger partial charge in [-0.25, -0.2) is 0 Å². The Morgan fingerprint density at radius 2 is 1.77 bits per heavy atom. The number of rotatable bonds is 0. The van der Waals surface area contributed by atoms with Crippen LogP contribution in [0, 0.1) is 46.8 Å². The number of aliphatic hydroxyl groups excluding tert-OH is 2. The van der Waals surface area contributed by atoms with Crippen LogP contribution in [0.3, 0.4) is 0 Å². The van der Waals surface area contributed by atoms with Crippen LogP contribution in [0.2, 0.25) is 0 Å². The molecule has 0 aromatic heterocycles. The summed E-state index contributed by atoms with van der Waals surface area (Å²) in [5, 5.41) is 21.7. The predicted molar refractivity (Wildman–Crippen MR) is 120 cm³/mol. The molecular formula is C27H43NO2. The summed E-state index contributed by atoms with van der Waals surface area (Å²) in [6.07, 6.45) is 10.4. The van der Waals surface area contributed by atoms with Crippen LogP contribution in [-0.2, 0) is 0 Å². The summed E-state index contributed by atoms with van der Waals surface area (Å²) in [7, 11) is 0. The van der Waals surface area contributed by atoms with Gasteiger partial charge in [-0.15, -0.1) is 0 Å². The first-order valence-corrected chi connectivity index (χ1v) is 13.2. The third kappa shape index (κ3) is 2.80. The molecule has 11 atom stereocenters. The van der Waals surface area contributed by atoms with E-state index in [2.05, 4.69) is 25.7 Å².